The van der Waals surface area contributed by atoms with E-state index in [2.05, 4.69) is 62.4 Å². The average molecular weight is 274 g/mol. The molecule has 0 heterocycles. The number of nitrogens with zero attached hydrogens (tertiary/aromatic N) is 1. The summed E-state index contributed by atoms with van der Waals surface area (Å²) in [6, 6.07) is 9.55. The molecule has 1 N–H and O–H groups in total. The van der Waals surface area contributed by atoms with E-state index in [1.165, 1.54) is 36.9 Å². The van der Waals surface area contributed by atoms with Gasteiger partial charge >= 0.3 is 0 Å². The molecule has 2 nitrogen and oxygen atoms in total. The number of anilines is 1. The highest BCUT2D eigenvalue weighted by molar-refractivity contribution is 5.46. The molecule has 2 heteroatoms. The quantitative estimate of drug-likeness (QED) is 0.857. The first-order chi connectivity index (χ1) is 9.54. The normalized spacial score (nSPS) is 23.3. The Morgan fingerprint density at radius 2 is 2.05 bits per heavy atom. The molecule has 1 aromatic carbocycles. The van der Waals surface area contributed by atoms with Crippen molar-refractivity contribution in [2.45, 2.75) is 52.1 Å². The van der Waals surface area contributed by atoms with Crippen LogP contribution in [0.15, 0.2) is 24.3 Å². The molecule has 0 aliphatic heterocycles. The average Bonchev–Trinajstić information content (AvgIpc) is 2.38. The Bertz CT molecular complexity index is 412. The van der Waals surface area contributed by atoms with Crippen LogP contribution in [0.25, 0.3) is 0 Å². The molecule has 0 radical (unpaired) electrons. The van der Waals surface area contributed by atoms with Gasteiger partial charge in [-0.25, -0.2) is 0 Å². The lowest BCUT2D eigenvalue weighted by atomic mass is 9.79. The molecule has 1 aliphatic rings. The Morgan fingerprint density at radius 3 is 2.75 bits per heavy atom. The molecule has 2 atom stereocenters. The van der Waals surface area contributed by atoms with Crippen LogP contribution in [0.5, 0.6) is 0 Å². The molecule has 112 valence electrons. The van der Waals surface area contributed by atoms with E-state index < -0.39 is 0 Å². The molecule has 1 aliphatic carbocycles. The lowest BCUT2D eigenvalue weighted by molar-refractivity contribution is 0.264. The minimum atomic E-state index is 0.658. The number of nitrogens with one attached hydrogen (secondary N) is 1. The minimum absolute atomic E-state index is 0.658. The largest absolute Gasteiger partial charge is 0.382 e. The molecule has 0 saturated heterocycles. The van der Waals surface area contributed by atoms with E-state index >= 15 is 0 Å². The molecule has 1 fully saturated rings. The maximum absolute atomic E-state index is 3.76. The van der Waals surface area contributed by atoms with Crippen LogP contribution in [0.2, 0.25) is 0 Å². The first-order valence-electron chi connectivity index (χ1n) is 8.05. The summed E-state index contributed by atoms with van der Waals surface area (Å²) in [6.45, 7) is 5.74. The Hall–Kier alpha value is -1.02. The highest BCUT2D eigenvalue weighted by Crippen LogP contribution is 2.31. The highest BCUT2D eigenvalue weighted by atomic mass is 15.0. The van der Waals surface area contributed by atoms with Crippen LogP contribution in [0.3, 0.4) is 0 Å². The third kappa shape index (κ3) is 4.52. The molecule has 1 saturated carbocycles. The minimum Gasteiger partial charge on any atom is -0.382 e. The Morgan fingerprint density at radius 1 is 1.25 bits per heavy atom. The Balaban J connectivity index is 1.95. The van der Waals surface area contributed by atoms with Crippen LogP contribution >= 0.6 is 0 Å². The van der Waals surface area contributed by atoms with Gasteiger partial charge in [0.05, 0.1) is 0 Å². The van der Waals surface area contributed by atoms with Crippen molar-refractivity contribution >= 4 is 5.69 Å². The van der Waals surface area contributed by atoms with Gasteiger partial charge in [-0.2, -0.15) is 0 Å². The van der Waals surface area contributed by atoms with E-state index in [-0.39, 0.29) is 0 Å². The number of hydrogen-bond acceptors (Lipinski definition) is 2. The van der Waals surface area contributed by atoms with Crippen LogP contribution in [0, 0.1) is 11.8 Å². The van der Waals surface area contributed by atoms with Crippen LogP contribution in [0.1, 0.15) is 45.1 Å². The monoisotopic (exact) mass is 274 g/mol. The van der Waals surface area contributed by atoms with Crippen LogP contribution in [0.4, 0.5) is 5.69 Å². The summed E-state index contributed by atoms with van der Waals surface area (Å²) in [6.07, 6.45) is 5.44. The molecular formula is C18H30N2. The van der Waals surface area contributed by atoms with Crippen LogP contribution < -0.4 is 5.32 Å². The first-order valence-corrected chi connectivity index (χ1v) is 8.05. The lowest BCUT2D eigenvalue weighted by Crippen LogP contribution is -2.29. The van der Waals surface area contributed by atoms with Crippen molar-refractivity contribution in [2.75, 3.05) is 19.4 Å². The van der Waals surface area contributed by atoms with Crippen molar-refractivity contribution in [1.29, 1.82) is 0 Å². The zero-order valence-electron chi connectivity index (χ0n) is 13.5. The SMILES string of the molecule is CC(C)C1CCCC(Nc2cccc(CN(C)C)c2)C1. The van der Waals surface area contributed by atoms with Crippen molar-refractivity contribution in [2.24, 2.45) is 11.8 Å². The van der Waals surface area contributed by atoms with Crippen molar-refractivity contribution in [3.8, 4) is 0 Å². The molecule has 0 aromatic heterocycles. The zero-order chi connectivity index (χ0) is 14.5. The van der Waals surface area contributed by atoms with E-state index in [0.717, 1.165) is 18.4 Å². The fourth-order valence-corrected chi connectivity index (χ4v) is 3.32. The first kappa shape index (κ1) is 15.4. The molecule has 2 unspecified atom stereocenters. The summed E-state index contributed by atoms with van der Waals surface area (Å²) < 4.78 is 0. The molecule has 0 spiro atoms. The molecule has 0 amide bonds. The predicted molar refractivity (Wildman–Crippen MR) is 88.0 cm³/mol. The summed E-state index contributed by atoms with van der Waals surface area (Å²) in [5.41, 5.74) is 2.68. The Kier molecular flexibility index (Phi) is 5.47. The number of hydrogen-bond donors (Lipinski definition) is 1. The molecule has 20 heavy (non-hydrogen) atoms. The molecule has 1 aromatic rings. The van der Waals surface area contributed by atoms with Crippen molar-refractivity contribution in [1.82, 2.24) is 4.90 Å². The maximum Gasteiger partial charge on any atom is 0.0345 e. The second-order valence-corrected chi connectivity index (χ2v) is 6.95. The van der Waals surface area contributed by atoms with Gasteiger partial charge in [0.25, 0.3) is 0 Å². The number of rotatable bonds is 5. The third-order valence-corrected chi connectivity index (χ3v) is 4.45. The van der Waals surface area contributed by atoms with Gasteiger partial charge in [-0.15, -0.1) is 0 Å². The van der Waals surface area contributed by atoms with Gasteiger partial charge in [-0.1, -0.05) is 38.8 Å². The van der Waals surface area contributed by atoms with Crippen molar-refractivity contribution in [3.63, 3.8) is 0 Å². The maximum atomic E-state index is 3.76. The fourth-order valence-electron chi connectivity index (χ4n) is 3.32. The van der Waals surface area contributed by atoms with E-state index in [1.807, 2.05) is 0 Å². The van der Waals surface area contributed by atoms with E-state index in [9.17, 15) is 0 Å². The van der Waals surface area contributed by atoms with Gasteiger partial charge < -0.3 is 10.2 Å². The van der Waals surface area contributed by atoms with Gasteiger partial charge in [-0.05, 0) is 56.5 Å². The molecular weight excluding hydrogens is 244 g/mol. The van der Waals surface area contributed by atoms with Crippen molar-refractivity contribution < 1.29 is 0 Å². The topological polar surface area (TPSA) is 15.3 Å². The lowest BCUT2D eigenvalue weighted by Gasteiger charge is -2.32. The predicted octanol–water partition coefficient (Wildman–Crippen LogP) is 4.37. The standard InChI is InChI=1S/C18H30N2/c1-14(2)16-8-6-10-18(12-16)19-17-9-5-7-15(11-17)13-20(3)4/h5,7,9,11,14,16,18-19H,6,8,10,12-13H2,1-4H3. The van der Waals surface area contributed by atoms with Gasteiger partial charge in [0.1, 0.15) is 0 Å². The third-order valence-electron chi connectivity index (χ3n) is 4.45. The second kappa shape index (κ2) is 7.12. The van der Waals surface area contributed by atoms with Crippen molar-refractivity contribution in [3.05, 3.63) is 29.8 Å². The molecule has 0 bridgehead atoms. The summed E-state index contributed by atoms with van der Waals surface area (Å²) in [5.74, 6) is 1.71. The summed E-state index contributed by atoms with van der Waals surface area (Å²) in [4.78, 5) is 2.22. The van der Waals surface area contributed by atoms with Gasteiger partial charge in [0.2, 0.25) is 0 Å². The summed E-state index contributed by atoms with van der Waals surface area (Å²) >= 11 is 0. The van der Waals surface area contributed by atoms with Gasteiger partial charge in [0, 0.05) is 18.3 Å². The smallest absolute Gasteiger partial charge is 0.0345 e. The Labute approximate surface area is 124 Å². The van der Waals surface area contributed by atoms with Gasteiger partial charge in [0.15, 0.2) is 0 Å². The summed E-state index contributed by atoms with van der Waals surface area (Å²) in [5, 5.41) is 3.76. The fraction of sp³-hybridized carbons (Fsp3) is 0.667. The highest BCUT2D eigenvalue weighted by Gasteiger charge is 2.23. The van der Waals surface area contributed by atoms with Gasteiger partial charge in [-0.3, -0.25) is 0 Å². The zero-order valence-corrected chi connectivity index (χ0v) is 13.5. The summed E-state index contributed by atoms with van der Waals surface area (Å²) in [7, 11) is 4.24. The number of benzene rings is 1. The van der Waals surface area contributed by atoms with E-state index in [1.54, 1.807) is 0 Å². The molecule has 2 rings (SSSR count). The van der Waals surface area contributed by atoms with E-state index in [0.29, 0.717) is 6.04 Å². The van der Waals surface area contributed by atoms with E-state index in [4.69, 9.17) is 0 Å². The van der Waals surface area contributed by atoms with Crippen LogP contribution in [-0.2, 0) is 6.54 Å². The second-order valence-electron chi connectivity index (χ2n) is 6.95. The van der Waals surface area contributed by atoms with Crippen LogP contribution in [-0.4, -0.2) is 25.0 Å².